The second-order valence-electron chi connectivity index (χ2n) is 17.9. The number of furan rings is 2. The molecule has 0 N–H and O–H groups in total. The number of nitrogens with zero attached hydrogens (tertiary/aromatic N) is 3. The van der Waals surface area contributed by atoms with E-state index in [1.54, 1.807) is 0 Å². The maximum Gasteiger partial charge on any atom is 0.159 e. The maximum atomic E-state index is 6.94. The summed E-state index contributed by atoms with van der Waals surface area (Å²) < 4.78 is 15.9. The van der Waals surface area contributed by atoms with Crippen molar-refractivity contribution in [2.45, 2.75) is 19.4 Å². The molecule has 1 aliphatic heterocycles. The van der Waals surface area contributed by atoms with Crippen LogP contribution in [0.1, 0.15) is 36.1 Å². The van der Waals surface area contributed by atoms with Crippen LogP contribution in [0, 0.1) is 5.92 Å². The number of amidine groups is 1. The van der Waals surface area contributed by atoms with Crippen LogP contribution in [0.25, 0.3) is 104 Å². The Morgan fingerprint density at radius 1 is 0.463 bits per heavy atom. The largest absolute Gasteiger partial charge is 0.456 e. The smallest absolute Gasteiger partial charge is 0.159 e. The van der Waals surface area contributed by atoms with E-state index < -0.39 is 0 Å². The zero-order valence-electron chi connectivity index (χ0n) is 36.6. The number of hydrogen-bond acceptors (Lipinski definition) is 4. The summed E-state index contributed by atoms with van der Waals surface area (Å²) in [6.45, 7) is 2.25. The Morgan fingerprint density at radius 3 is 1.94 bits per heavy atom. The first-order valence-corrected chi connectivity index (χ1v) is 23.2. The van der Waals surface area contributed by atoms with E-state index in [-0.39, 0.29) is 12.0 Å². The van der Waals surface area contributed by atoms with Crippen LogP contribution in [0.15, 0.2) is 225 Å². The van der Waals surface area contributed by atoms with Crippen LogP contribution in [0.5, 0.6) is 0 Å². The fourth-order valence-corrected chi connectivity index (χ4v) is 11.0. The molecule has 3 aromatic heterocycles. The Morgan fingerprint density at radius 2 is 1.12 bits per heavy atom. The number of para-hydroxylation sites is 2. The zero-order chi connectivity index (χ0) is 44.2. The quantitative estimate of drug-likeness (QED) is 0.167. The van der Waals surface area contributed by atoms with E-state index in [1.807, 2.05) is 18.2 Å². The van der Waals surface area contributed by atoms with Gasteiger partial charge in [0.25, 0.3) is 0 Å². The molecule has 10 aromatic carbocycles. The Labute approximate surface area is 385 Å². The van der Waals surface area contributed by atoms with Crippen molar-refractivity contribution in [3.05, 3.63) is 223 Å². The summed E-state index contributed by atoms with van der Waals surface area (Å²) >= 11 is 0. The average Bonchev–Trinajstić information content (AvgIpc) is 4.07. The fourth-order valence-electron chi connectivity index (χ4n) is 11.0. The molecule has 2 atom stereocenters. The van der Waals surface area contributed by atoms with Crippen molar-refractivity contribution in [1.29, 1.82) is 0 Å². The van der Waals surface area contributed by atoms with Crippen LogP contribution < -0.4 is 0 Å². The van der Waals surface area contributed by atoms with Gasteiger partial charge in [0.05, 0.1) is 28.4 Å². The lowest BCUT2D eigenvalue weighted by atomic mass is 9.82. The minimum Gasteiger partial charge on any atom is -0.456 e. The summed E-state index contributed by atoms with van der Waals surface area (Å²) in [5.74, 6) is 0.615. The molecule has 0 amide bonds. The van der Waals surface area contributed by atoms with Crippen molar-refractivity contribution in [3.63, 3.8) is 0 Å². The molecule has 1 aliphatic rings. The van der Waals surface area contributed by atoms with Crippen LogP contribution in [-0.2, 0) is 0 Å². The highest BCUT2D eigenvalue weighted by atomic mass is 16.3. The molecule has 0 radical (unpaired) electrons. The lowest BCUT2D eigenvalue weighted by Gasteiger charge is -2.30. The number of fused-ring (bicyclic) bond motifs is 12. The normalized spacial score (nSPS) is 15.5. The van der Waals surface area contributed by atoms with Crippen LogP contribution >= 0.6 is 0 Å². The Bertz CT molecular complexity index is 4220. The first-order valence-electron chi connectivity index (χ1n) is 23.2. The van der Waals surface area contributed by atoms with E-state index >= 15 is 0 Å². The minimum absolute atomic E-state index is 0.0251. The lowest BCUT2D eigenvalue weighted by Crippen LogP contribution is -2.28. The van der Waals surface area contributed by atoms with Gasteiger partial charge in [-0.3, -0.25) is 4.99 Å². The van der Waals surface area contributed by atoms with Crippen molar-refractivity contribution < 1.29 is 8.83 Å². The monoisotopic (exact) mass is 859 g/mol. The van der Waals surface area contributed by atoms with Crippen molar-refractivity contribution in [3.8, 4) is 16.8 Å². The molecule has 67 heavy (non-hydrogen) atoms. The second kappa shape index (κ2) is 14.7. The summed E-state index contributed by atoms with van der Waals surface area (Å²) in [5, 5.41) is 11.5. The number of aromatic nitrogens is 1. The molecule has 13 aromatic rings. The predicted octanol–water partition coefficient (Wildman–Crippen LogP) is 16.6. The van der Waals surface area contributed by atoms with Gasteiger partial charge in [0.15, 0.2) is 5.84 Å². The van der Waals surface area contributed by atoms with Gasteiger partial charge < -0.3 is 13.4 Å². The summed E-state index contributed by atoms with van der Waals surface area (Å²) in [6.07, 6.45) is 0.830. The molecular weight excluding hydrogens is 819 g/mol. The highest BCUT2D eigenvalue weighted by Crippen LogP contribution is 2.44. The van der Waals surface area contributed by atoms with Gasteiger partial charge in [0.1, 0.15) is 22.3 Å². The summed E-state index contributed by atoms with van der Waals surface area (Å²) in [6, 6.07) is 73.6. The van der Waals surface area contributed by atoms with E-state index in [1.165, 1.54) is 32.3 Å². The highest BCUT2D eigenvalue weighted by molar-refractivity contribution is 6.23. The highest BCUT2D eigenvalue weighted by Gasteiger charge is 2.34. The SMILES string of the molecule is CC[C@@H]1C(c2cccc(-c3ccccc3)c2)=NC(c2cc(-n3c4cc5ccccc5cc4c4ccc5ccccc5c43)cc3c2oc2ccccc23)=NC1c1ccc2c(c1)oc1ccccc12. The third-order valence-electron chi connectivity index (χ3n) is 14.2. The van der Waals surface area contributed by atoms with Crippen LogP contribution in [0.2, 0.25) is 0 Å². The third-order valence-corrected chi connectivity index (χ3v) is 14.2. The van der Waals surface area contributed by atoms with Crippen molar-refractivity contribution >= 4 is 98.8 Å². The predicted molar refractivity (Wildman–Crippen MR) is 278 cm³/mol. The molecular formula is C62H41N3O2. The Hall–Kier alpha value is -8.54. The molecule has 0 saturated carbocycles. The van der Waals surface area contributed by atoms with Gasteiger partial charge in [-0.25, -0.2) is 4.99 Å². The van der Waals surface area contributed by atoms with Gasteiger partial charge >= 0.3 is 0 Å². The van der Waals surface area contributed by atoms with Gasteiger partial charge in [-0.2, -0.15) is 0 Å². The second-order valence-corrected chi connectivity index (χ2v) is 17.9. The maximum absolute atomic E-state index is 6.94. The zero-order valence-corrected chi connectivity index (χ0v) is 36.6. The number of rotatable bonds is 6. The molecule has 5 nitrogen and oxygen atoms in total. The lowest BCUT2D eigenvalue weighted by molar-refractivity contribution is 0.532. The van der Waals surface area contributed by atoms with Crippen molar-refractivity contribution in [1.82, 2.24) is 4.57 Å². The van der Waals surface area contributed by atoms with Crippen LogP contribution in [0.3, 0.4) is 0 Å². The van der Waals surface area contributed by atoms with Gasteiger partial charge in [-0.05, 0) is 93.4 Å². The van der Waals surface area contributed by atoms with E-state index in [9.17, 15) is 0 Å². The van der Waals surface area contributed by atoms with E-state index in [0.29, 0.717) is 5.84 Å². The fraction of sp³-hybridized carbons (Fsp3) is 0.0645. The molecule has 0 spiro atoms. The van der Waals surface area contributed by atoms with Crippen LogP contribution in [0.4, 0.5) is 0 Å². The number of benzene rings is 10. The summed E-state index contributed by atoms with van der Waals surface area (Å²) in [4.78, 5) is 11.5. The standard InChI is InChI=1S/C62H41N3O2/c1-2-45-58(42-21-14-20-39(31-42)37-15-4-3-5-16-37)63-62(64-59(45)43-28-29-49-47-23-10-12-25-55(47)66-57(49)34-43)53-36-44(35-52-48-24-11-13-26-56(48)67-61(52)53)65-54-33-41-19-7-6-18-40(41)32-51(54)50-30-27-38-17-8-9-22-46(38)60(50)65/h3-36,45,59H,2H2,1H3/t45-,59?/m1/s1. The summed E-state index contributed by atoms with van der Waals surface area (Å²) in [5.41, 5.74) is 13.0. The molecule has 0 fully saturated rings. The van der Waals surface area contributed by atoms with Crippen molar-refractivity contribution in [2.24, 2.45) is 15.9 Å². The molecule has 5 heteroatoms. The molecule has 14 rings (SSSR count). The topological polar surface area (TPSA) is 55.9 Å². The number of aliphatic imine (C=N–C) groups is 2. The summed E-state index contributed by atoms with van der Waals surface area (Å²) in [7, 11) is 0. The van der Waals surface area contributed by atoms with E-state index in [0.717, 1.165) is 101 Å². The molecule has 0 aliphatic carbocycles. The molecule has 1 unspecified atom stereocenters. The van der Waals surface area contributed by atoms with Gasteiger partial charge in [0, 0.05) is 49.3 Å². The average molecular weight is 860 g/mol. The molecule has 4 heterocycles. The van der Waals surface area contributed by atoms with Crippen molar-refractivity contribution in [2.75, 3.05) is 0 Å². The van der Waals surface area contributed by atoms with Gasteiger partial charge in [0.2, 0.25) is 0 Å². The number of hydrogen-bond donors (Lipinski definition) is 0. The molecule has 0 bridgehead atoms. The minimum atomic E-state index is -0.267. The van der Waals surface area contributed by atoms with Crippen LogP contribution in [-0.4, -0.2) is 16.1 Å². The first kappa shape index (κ1) is 37.8. The third kappa shape index (κ3) is 5.87. The molecule has 316 valence electrons. The van der Waals surface area contributed by atoms with Gasteiger partial charge in [-0.1, -0.05) is 165 Å². The Balaban J connectivity index is 1.07. The Kier molecular flexibility index (Phi) is 8.32. The molecule has 0 saturated heterocycles. The van der Waals surface area contributed by atoms with E-state index in [4.69, 9.17) is 18.8 Å². The van der Waals surface area contributed by atoms with E-state index in [2.05, 4.69) is 200 Å². The van der Waals surface area contributed by atoms with Gasteiger partial charge in [-0.15, -0.1) is 0 Å². The first-order chi connectivity index (χ1) is 33.1.